The van der Waals surface area contributed by atoms with Gasteiger partial charge in [-0.05, 0) is 68.4 Å². The summed E-state index contributed by atoms with van der Waals surface area (Å²) in [4.78, 5) is 15.4. The zero-order valence-corrected chi connectivity index (χ0v) is 26.3. The second kappa shape index (κ2) is 11.0. The Morgan fingerprint density at radius 1 is 0.327 bits per heavy atom. The van der Waals surface area contributed by atoms with Gasteiger partial charge in [0.25, 0.3) is 0 Å². The molecule has 228 valence electrons. The van der Waals surface area contributed by atoms with Gasteiger partial charge < -0.3 is 4.42 Å². The molecular formula is C45H27N3O. The smallest absolute Gasteiger partial charge is 0.164 e. The van der Waals surface area contributed by atoms with E-state index in [4.69, 9.17) is 19.4 Å². The van der Waals surface area contributed by atoms with Crippen LogP contribution in [0.15, 0.2) is 168 Å². The first-order valence-corrected chi connectivity index (χ1v) is 16.4. The number of rotatable bonds is 4. The Labute approximate surface area is 282 Å². The fraction of sp³-hybridized carbons (Fsp3) is 0. The van der Waals surface area contributed by atoms with E-state index in [0.717, 1.165) is 55.0 Å². The van der Waals surface area contributed by atoms with E-state index in [2.05, 4.69) is 133 Å². The van der Waals surface area contributed by atoms with Crippen LogP contribution in [0.5, 0.6) is 0 Å². The minimum atomic E-state index is 0.614. The van der Waals surface area contributed by atoms with E-state index in [-0.39, 0.29) is 0 Å². The monoisotopic (exact) mass is 625 g/mol. The highest BCUT2D eigenvalue weighted by atomic mass is 16.3. The summed E-state index contributed by atoms with van der Waals surface area (Å²) in [6.45, 7) is 0. The second-order valence-corrected chi connectivity index (χ2v) is 12.4. The summed E-state index contributed by atoms with van der Waals surface area (Å²) in [5, 5.41) is 9.18. The summed E-state index contributed by atoms with van der Waals surface area (Å²) in [6, 6.07) is 57.1. The first-order chi connectivity index (χ1) is 24.2. The van der Waals surface area contributed by atoms with Crippen LogP contribution >= 0.6 is 0 Å². The van der Waals surface area contributed by atoms with E-state index in [1.807, 2.05) is 30.3 Å². The number of aromatic nitrogens is 3. The zero-order valence-electron chi connectivity index (χ0n) is 26.3. The van der Waals surface area contributed by atoms with Crippen LogP contribution in [0, 0.1) is 0 Å². The summed E-state index contributed by atoms with van der Waals surface area (Å²) in [7, 11) is 0. The third-order valence-corrected chi connectivity index (χ3v) is 9.51. The molecule has 0 saturated heterocycles. The molecule has 4 nitrogen and oxygen atoms in total. The van der Waals surface area contributed by atoms with Gasteiger partial charge >= 0.3 is 0 Å². The van der Waals surface area contributed by atoms with Crippen molar-refractivity contribution in [2.75, 3.05) is 0 Å². The van der Waals surface area contributed by atoms with Crippen molar-refractivity contribution in [3.8, 4) is 45.3 Å². The third kappa shape index (κ3) is 4.65. The van der Waals surface area contributed by atoms with Crippen molar-refractivity contribution in [1.29, 1.82) is 0 Å². The van der Waals surface area contributed by atoms with Gasteiger partial charge in [-0.25, -0.2) is 15.0 Å². The number of benzene rings is 8. The van der Waals surface area contributed by atoms with Crippen LogP contribution in [0.4, 0.5) is 0 Å². The normalized spacial score (nSPS) is 11.7. The summed E-state index contributed by atoms with van der Waals surface area (Å²) in [6.07, 6.45) is 0. The predicted octanol–water partition coefficient (Wildman–Crippen LogP) is 11.9. The van der Waals surface area contributed by atoms with E-state index in [1.165, 1.54) is 27.1 Å². The maximum atomic E-state index is 6.14. The number of hydrogen-bond acceptors (Lipinski definition) is 4. The molecule has 0 fully saturated rings. The topological polar surface area (TPSA) is 51.8 Å². The molecule has 10 rings (SSSR count). The van der Waals surface area contributed by atoms with Gasteiger partial charge in [0.1, 0.15) is 11.2 Å². The van der Waals surface area contributed by atoms with Crippen LogP contribution in [-0.4, -0.2) is 15.0 Å². The highest BCUT2D eigenvalue weighted by Gasteiger charge is 2.17. The largest absolute Gasteiger partial charge is 0.456 e. The average molecular weight is 626 g/mol. The lowest BCUT2D eigenvalue weighted by atomic mass is 9.97. The lowest BCUT2D eigenvalue weighted by Gasteiger charge is -2.12. The summed E-state index contributed by atoms with van der Waals surface area (Å²) in [5.41, 5.74) is 6.82. The Bertz CT molecular complexity index is 2890. The average Bonchev–Trinajstić information content (AvgIpc) is 3.55. The van der Waals surface area contributed by atoms with Gasteiger partial charge in [0.15, 0.2) is 17.5 Å². The summed E-state index contributed by atoms with van der Waals surface area (Å²) in [5.74, 6) is 1.88. The number of nitrogens with zero attached hydrogens (tertiary/aromatic N) is 3. The predicted molar refractivity (Wildman–Crippen MR) is 201 cm³/mol. The zero-order chi connectivity index (χ0) is 32.3. The fourth-order valence-electron chi connectivity index (χ4n) is 7.05. The van der Waals surface area contributed by atoms with Crippen LogP contribution in [0.25, 0.3) is 99.5 Å². The third-order valence-electron chi connectivity index (χ3n) is 9.51. The van der Waals surface area contributed by atoms with Crippen molar-refractivity contribution >= 4 is 54.3 Å². The number of fused-ring (bicyclic) bond motifs is 7. The molecule has 0 radical (unpaired) electrons. The molecule has 0 saturated carbocycles. The molecule has 0 amide bonds. The highest BCUT2D eigenvalue weighted by molar-refractivity contribution is 6.14. The van der Waals surface area contributed by atoms with Crippen LogP contribution in [0.1, 0.15) is 0 Å². The molecule has 0 N–H and O–H groups in total. The molecular weight excluding hydrogens is 599 g/mol. The number of para-hydroxylation sites is 1. The molecule has 0 spiro atoms. The van der Waals surface area contributed by atoms with Gasteiger partial charge in [-0.1, -0.05) is 133 Å². The number of hydrogen-bond donors (Lipinski definition) is 0. The van der Waals surface area contributed by atoms with Gasteiger partial charge in [0, 0.05) is 32.8 Å². The molecule has 10 aromatic rings. The quantitative estimate of drug-likeness (QED) is 0.183. The lowest BCUT2D eigenvalue weighted by Crippen LogP contribution is -2.00. The van der Waals surface area contributed by atoms with Crippen molar-refractivity contribution in [2.24, 2.45) is 0 Å². The molecule has 2 heterocycles. The first kappa shape index (κ1) is 27.5. The molecule has 49 heavy (non-hydrogen) atoms. The summed E-state index contributed by atoms with van der Waals surface area (Å²) < 4.78 is 6.14. The Kier molecular flexibility index (Phi) is 6.15. The molecule has 4 heteroatoms. The van der Waals surface area contributed by atoms with E-state index >= 15 is 0 Å². The SMILES string of the molecule is c1ccc2cc(-c3ccc(-c4nc(-c5ccc6oc7ccccc7c6c5)nc(-c5cccc6ccc7ccccc7c56)n4)cc3)ccc2c1. The van der Waals surface area contributed by atoms with Gasteiger partial charge in [-0.15, -0.1) is 0 Å². The van der Waals surface area contributed by atoms with Crippen LogP contribution < -0.4 is 0 Å². The summed E-state index contributed by atoms with van der Waals surface area (Å²) >= 11 is 0. The molecule has 0 aliphatic heterocycles. The molecule has 0 aliphatic carbocycles. The van der Waals surface area contributed by atoms with Crippen molar-refractivity contribution in [1.82, 2.24) is 15.0 Å². The van der Waals surface area contributed by atoms with Crippen molar-refractivity contribution in [3.05, 3.63) is 164 Å². The van der Waals surface area contributed by atoms with Gasteiger partial charge in [-0.3, -0.25) is 0 Å². The van der Waals surface area contributed by atoms with Crippen LogP contribution in [0.2, 0.25) is 0 Å². The van der Waals surface area contributed by atoms with Crippen LogP contribution in [0.3, 0.4) is 0 Å². The van der Waals surface area contributed by atoms with Crippen molar-refractivity contribution in [2.45, 2.75) is 0 Å². The highest BCUT2D eigenvalue weighted by Crippen LogP contribution is 2.36. The Morgan fingerprint density at radius 3 is 1.80 bits per heavy atom. The van der Waals surface area contributed by atoms with E-state index < -0.39 is 0 Å². The van der Waals surface area contributed by atoms with Gasteiger partial charge in [0.05, 0.1) is 0 Å². The first-order valence-electron chi connectivity index (χ1n) is 16.4. The fourth-order valence-corrected chi connectivity index (χ4v) is 7.05. The minimum Gasteiger partial charge on any atom is -0.456 e. The molecule has 8 aromatic carbocycles. The maximum Gasteiger partial charge on any atom is 0.164 e. The lowest BCUT2D eigenvalue weighted by molar-refractivity contribution is 0.669. The molecule has 0 bridgehead atoms. The maximum absolute atomic E-state index is 6.14. The minimum absolute atomic E-state index is 0.614. The number of furan rings is 1. The Balaban J connectivity index is 1.17. The molecule has 0 unspecified atom stereocenters. The molecule has 0 aliphatic rings. The Hall–Kier alpha value is -6.65. The molecule has 2 aromatic heterocycles. The van der Waals surface area contributed by atoms with E-state index in [0.29, 0.717) is 17.5 Å². The Morgan fingerprint density at radius 2 is 0.918 bits per heavy atom. The van der Waals surface area contributed by atoms with Crippen LogP contribution in [-0.2, 0) is 0 Å². The molecule has 0 atom stereocenters. The van der Waals surface area contributed by atoms with Crippen molar-refractivity contribution < 1.29 is 4.42 Å². The van der Waals surface area contributed by atoms with E-state index in [9.17, 15) is 0 Å². The van der Waals surface area contributed by atoms with Gasteiger partial charge in [-0.2, -0.15) is 0 Å². The second-order valence-electron chi connectivity index (χ2n) is 12.4. The van der Waals surface area contributed by atoms with Gasteiger partial charge in [0.2, 0.25) is 0 Å². The standard InChI is InChI=1S/C45H27N3O/c1-2-10-33-26-34(23-18-28(33)8-1)29-16-21-32(22-17-29)43-46-44(35-24-25-41-39(27-35)37-13-5-6-15-40(37)49-41)48-45(47-43)38-14-7-11-31-20-19-30-9-3-4-12-36(30)42(31)38/h1-27H. The van der Waals surface area contributed by atoms with E-state index in [1.54, 1.807) is 0 Å². The van der Waals surface area contributed by atoms with Crippen molar-refractivity contribution in [3.63, 3.8) is 0 Å².